The van der Waals surface area contributed by atoms with Gasteiger partial charge in [-0.1, -0.05) is 12.8 Å². The van der Waals surface area contributed by atoms with E-state index < -0.39 is 0 Å². The summed E-state index contributed by atoms with van der Waals surface area (Å²) in [6.45, 7) is 1.49. The van der Waals surface area contributed by atoms with Gasteiger partial charge >= 0.3 is 0 Å². The van der Waals surface area contributed by atoms with Crippen molar-refractivity contribution in [3.63, 3.8) is 0 Å². The Morgan fingerprint density at radius 2 is 2.39 bits per heavy atom. The van der Waals surface area contributed by atoms with Gasteiger partial charge in [-0.3, -0.25) is 4.90 Å². The summed E-state index contributed by atoms with van der Waals surface area (Å²) in [4.78, 5) is 2.34. The molecule has 102 valence electrons. The Labute approximate surface area is 109 Å². The van der Waals surface area contributed by atoms with Crippen LogP contribution in [0.3, 0.4) is 0 Å². The zero-order chi connectivity index (χ0) is 13.0. The monoisotopic (exact) mass is 252 g/mol. The van der Waals surface area contributed by atoms with Crippen molar-refractivity contribution in [3.8, 4) is 0 Å². The van der Waals surface area contributed by atoms with Crippen molar-refractivity contribution in [1.82, 2.24) is 4.90 Å². The lowest BCUT2D eigenvalue weighted by Crippen LogP contribution is -2.61. The number of methoxy groups -OCH3 is 1. The molecule has 0 spiro atoms. The maximum Gasteiger partial charge on any atom is 0.0947 e. The molecule has 0 radical (unpaired) electrons. The molecule has 1 aromatic heterocycles. The van der Waals surface area contributed by atoms with Gasteiger partial charge in [0.2, 0.25) is 0 Å². The Hall–Kier alpha value is -0.840. The smallest absolute Gasteiger partial charge is 0.0947 e. The van der Waals surface area contributed by atoms with Crippen LogP contribution in [0, 0.1) is 0 Å². The highest BCUT2D eigenvalue weighted by atomic mass is 16.5. The molecule has 0 bridgehead atoms. The Morgan fingerprint density at radius 3 is 3.00 bits per heavy atom. The maximum atomic E-state index is 6.09. The first kappa shape index (κ1) is 13.6. The third-order valence-corrected chi connectivity index (χ3v) is 4.32. The Morgan fingerprint density at radius 1 is 1.56 bits per heavy atom. The van der Waals surface area contributed by atoms with Gasteiger partial charge in [0.05, 0.1) is 24.2 Å². The van der Waals surface area contributed by atoms with Crippen LogP contribution in [0.2, 0.25) is 0 Å². The van der Waals surface area contributed by atoms with E-state index in [9.17, 15) is 0 Å². The molecule has 2 atom stereocenters. The zero-order valence-corrected chi connectivity index (χ0v) is 11.4. The van der Waals surface area contributed by atoms with Gasteiger partial charge in [0.1, 0.15) is 0 Å². The van der Waals surface area contributed by atoms with Crippen LogP contribution in [0.25, 0.3) is 0 Å². The van der Waals surface area contributed by atoms with E-state index >= 15 is 0 Å². The molecule has 1 aliphatic carbocycles. The number of likely N-dealkylation sites (N-methyl/N-ethyl adjacent to an activating group) is 1. The molecule has 1 aliphatic rings. The van der Waals surface area contributed by atoms with Crippen LogP contribution in [0.1, 0.15) is 31.2 Å². The first-order valence-corrected chi connectivity index (χ1v) is 6.68. The second kappa shape index (κ2) is 5.87. The Bertz CT molecular complexity index is 353. The van der Waals surface area contributed by atoms with E-state index in [4.69, 9.17) is 14.9 Å². The van der Waals surface area contributed by atoms with Crippen molar-refractivity contribution in [2.75, 3.05) is 20.7 Å². The van der Waals surface area contributed by atoms with Crippen LogP contribution < -0.4 is 5.73 Å². The summed E-state index contributed by atoms with van der Waals surface area (Å²) in [7, 11) is 3.93. The lowest BCUT2D eigenvalue weighted by Gasteiger charge is -2.48. The van der Waals surface area contributed by atoms with E-state index in [1.807, 2.05) is 6.07 Å². The largest absolute Gasteiger partial charge is 0.472 e. The first-order valence-electron chi connectivity index (χ1n) is 6.68. The van der Waals surface area contributed by atoms with E-state index in [2.05, 4.69) is 11.9 Å². The van der Waals surface area contributed by atoms with E-state index in [1.54, 1.807) is 19.6 Å². The zero-order valence-electron chi connectivity index (χ0n) is 11.4. The molecule has 0 aromatic carbocycles. The lowest BCUT2D eigenvalue weighted by atomic mass is 9.77. The summed E-state index contributed by atoms with van der Waals surface area (Å²) in [5, 5.41) is 0. The van der Waals surface area contributed by atoms with Gasteiger partial charge in [0, 0.05) is 25.8 Å². The second-order valence-electron chi connectivity index (χ2n) is 5.27. The van der Waals surface area contributed by atoms with Gasteiger partial charge in [-0.15, -0.1) is 0 Å². The molecule has 1 fully saturated rings. The number of ether oxygens (including phenoxy) is 1. The minimum atomic E-state index is -0.0374. The standard InChI is InChI=1S/C14H24N2O2/c1-16(9-12-6-8-18-10-12)14(11-15)7-4-3-5-13(14)17-2/h6,8,10,13H,3-5,7,9,11,15H2,1-2H3. The summed E-state index contributed by atoms with van der Waals surface area (Å²) < 4.78 is 10.8. The highest BCUT2D eigenvalue weighted by Gasteiger charge is 2.43. The fourth-order valence-electron chi connectivity index (χ4n) is 3.17. The van der Waals surface area contributed by atoms with E-state index in [-0.39, 0.29) is 11.6 Å². The van der Waals surface area contributed by atoms with Crippen LogP contribution in [0.15, 0.2) is 23.0 Å². The predicted molar refractivity (Wildman–Crippen MR) is 71.2 cm³/mol. The lowest BCUT2D eigenvalue weighted by molar-refractivity contribution is -0.0688. The fourth-order valence-corrected chi connectivity index (χ4v) is 3.17. The first-order chi connectivity index (χ1) is 8.73. The number of hydrogen-bond acceptors (Lipinski definition) is 4. The van der Waals surface area contributed by atoms with Crippen molar-refractivity contribution < 1.29 is 9.15 Å². The third kappa shape index (κ3) is 2.46. The molecular formula is C14H24N2O2. The van der Waals surface area contributed by atoms with Crippen molar-refractivity contribution in [2.45, 2.75) is 43.9 Å². The maximum absolute atomic E-state index is 6.09. The van der Waals surface area contributed by atoms with Crippen LogP contribution in [-0.4, -0.2) is 37.2 Å². The van der Waals surface area contributed by atoms with Crippen molar-refractivity contribution in [3.05, 3.63) is 24.2 Å². The van der Waals surface area contributed by atoms with Gasteiger partial charge in [-0.2, -0.15) is 0 Å². The number of hydrogen-bond donors (Lipinski definition) is 1. The highest BCUT2D eigenvalue weighted by molar-refractivity contribution is 5.08. The molecule has 2 N–H and O–H groups in total. The molecule has 1 heterocycles. The molecule has 4 nitrogen and oxygen atoms in total. The average molecular weight is 252 g/mol. The minimum absolute atomic E-state index is 0.0374. The van der Waals surface area contributed by atoms with E-state index in [1.165, 1.54) is 18.4 Å². The molecule has 2 rings (SSSR count). The molecule has 2 unspecified atom stereocenters. The van der Waals surface area contributed by atoms with Crippen molar-refractivity contribution in [2.24, 2.45) is 5.73 Å². The quantitative estimate of drug-likeness (QED) is 0.871. The van der Waals surface area contributed by atoms with Crippen LogP contribution >= 0.6 is 0 Å². The van der Waals surface area contributed by atoms with Gasteiger partial charge in [-0.05, 0) is 26.0 Å². The topological polar surface area (TPSA) is 51.6 Å². The molecule has 4 heteroatoms. The fraction of sp³-hybridized carbons (Fsp3) is 0.714. The molecule has 1 saturated carbocycles. The minimum Gasteiger partial charge on any atom is -0.472 e. The summed E-state index contributed by atoms with van der Waals surface area (Å²) in [5.41, 5.74) is 7.24. The Kier molecular flexibility index (Phi) is 4.43. The number of rotatable bonds is 5. The third-order valence-electron chi connectivity index (χ3n) is 4.32. The highest BCUT2D eigenvalue weighted by Crippen LogP contribution is 2.35. The van der Waals surface area contributed by atoms with Gasteiger partial charge in [0.25, 0.3) is 0 Å². The summed E-state index contributed by atoms with van der Waals surface area (Å²) in [5.74, 6) is 0. The average Bonchev–Trinajstić information content (AvgIpc) is 2.91. The van der Waals surface area contributed by atoms with Crippen molar-refractivity contribution in [1.29, 1.82) is 0 Å². The SMILES string of the molecule is COC1CCCCC1(CN)N(C)Cc1ccoc1. The number of furan rings is 1. The summed E-state index contributed by atoms with van der Waals surface area (Å²) >= 11 is 0. The number of nitrogens with zero attached hydrogens (tertiary/aromatic N) is 1. The van der Waals surface area contributed by atoms with Crippen LogP contribution in [-0.2, 0) is 11.3 Å². The second-order valence-corrected chi connectivity index (χ2v) is 5.27. The van der Waals surface area contributed by atoms with E-state index in [0.29, 0.717) is 6.54 Å². The number of nitrogens with two attached hydrogens (primary N) is 1. The molecule has 0 amide bonds. The van der Waals surface area contributed by atoms with Gasteiger partial charge in [-0.25, -0.2) is 0 Å². The molecule has 18 heavy (non-hydrogen) atoms. The normalized spacial score (nSPS) is 28.8. The van der Waals surface area contributed by atoms with Crippen molar-refractivity contribution >= 4 is 0 Å². The van der Waals surface area contributed by atoms with E-state index in [0.717, 1.165) is 19.4 Å². The predicted octanol–water partition coefficient (Wildman–Crippen LogP) is 2.00. The van der Waals surface area contributed by atoms with Crippen LogP contribution in [0.5, 0.6) is 0 Å². The summed E-state index contributed by atoms with van der Waals surface area (Å²) in [6.07, 6.45) is 8.41. The Balaban J connectivity index is 2.13. The molecule has 0 aliphatic heterocycles. The molecule has 0 saturated heterocycles. The summed E-state index contributed by atoms with van der Waals surface area (Å²) in [6, 6.07) is 2.01. The molecule has 1 aromatic rings. The van der Waals surface area contributed by atoms with Crippen LogP contribution in [0.4, 0.5) is 0 Å². The molecular weight excluding hydrogens is 228 g/mol. The van der Waals surface area contributed by atoms with Gasteiger partial charge < -0.3 is 14.9 Å². The van der Waals surface area contributed by atoms with Gasteiger partial charge in [0.15, 0.2) is 0 Å².